The highest BCUT2D eigenvalue weighted by Crippen LogP contribution is 2.40. The van der Waals surface area contributed by atoms with E-state index in [2.05, 4.69) is 47.2 Å². The zero-order chi connectivity index (χ0) is 17.8. The number of nitrogens with one attached hydrogen (secondary N) is 2. The van der Waals surface area contributed by atoms with Crippen molar-refractivity contribution >= 4 is 49.4 Å². The average Bonchev–Trinajstić information content (AvgIpc) is 3.20. The van der Waals surface area contributed by atoms with Crippen LogP contribution in [-0.2, 0) is 6.42 Å². The van der Waals surface area contributed by atoms with E-state index in [1.807, 2.05) is 18.2 Å². The lowest BCUT2D eigenvalue weighted by atomic mass is 9.91. The molecule has 2 aromatic heterocycles. The van der Waals surface area contributed by atoms with Gasteiger partial charge in [0.2, 0.25) is 0 Å². The molecule has 0 aliphatic carbocycles. The van der Waals surface area contributed by atoms with Crippen molar-refractivity contribution in [2.24, 2.45) is 0 Å². The molecule has 3 heteroatoms. The topological polar surface area (TPSA) is 48.6 Å². The Kier molecular flexibility index (Phi) is 3.20. The monoisotopic (exact) mass is 340 g/mol. The number of H-pyrrole nitrogens is 2. The fourth-order valence-electron chi connectivity index (χ4n) is 4.40. The number of aromatic nitrogens is 2. The van der Waals surface area contributed by atoms with Gasteiger partial charge in [-0.05, 0) is 31.0 Å². The van der Waals surface area contributed by atoms with Crippen LogP contribution in [0.3, 0.4) is 0 Å². The number of carbonyl (C=O) groups excluding carboxylic acids is 1. The van der Waals surface area contributed by atoms with Gasteiger partial charge in [-0.3, -0.25) is 4.79 Å². The fourth-order valence-corrected chi connectivity index (χ4v) is 4.40. The maximum atomic E-state index is 12.8. The first-order valence-corrected chi connectivity index (χ1v) is 9.17. The highest BCUT2D eigenvalue weighted by molar-refractivity contribution is 6.29. The summed E-state index contributed by atoms with van der Waals surface area (Å²) in [6.45, 7) is 3.86. The molecule has 0 unspecified atom stereocenters. The summed E-state index contributed by atoms with van der Waals surface area (Å²) >= 11 is 0. The van der Waals surface area contributed by atoms with Gasteiger partial charge in [-0.15, -0.1) is 0 Å². The Hall–Kier alpha value is -3.07. The van der Waals surface area contributed by atoms with Crippen LogP contribution in [-0.4, -0.2) is 15.8 Å². The number of para-hydroxylation sites is 2. The first-order chi connectivity index (χ1) is 12.7. The van der Waals surface area contributed by atoms with E-state index in [-0.39, 0.29) is 5.78 Å². The van der Waals surface area contributed by atoms with Gasteiger partial charge in [0.1, 0.15) is 0 Å². The predicted octanol–water partition coefficient (Wildman–Crippen LogP) is 6.11. The van der Waals surface area contributed by atoms with Crippen LogP contribution in [0.2, 0.25) is 0 Å². The van der Waals surface area contributed by atoms with E-state index in [1.165, 1.54) is 16.3 Å². The van der Waals surface area contributed by atoms with Gasteiger partial charge >= 0.3 is 0 Å². The van der Waals surface area contributed by atoms with Crippen LogP contribution in [0.1, 0.15) is 36.2 Å². The molecule has 0 aliphatic heterocycles. The second-order valence-electron chi connectivity index (χ2n) is 7.00. The normalized spacial score (nSPS) is 11.9. The van der Waals surface area contributed by atoms with E-state index in [1.54, 1.807) is 6.92 Å². The van der Waals surface area contributed by atoms with Gasteiger partial charge in [0.25, 0.3) is 0 Å². The van der Waals surface area contributed by atoms with Gasteiger partial charge in [-0.2, -0.15) is 0 Å². The minimum Gasteiger partial charge on any atom is -0.353 e. The van der Waals surface area contributed by atoms with Crippen molar-refractivity contribution in [1.82, 2.24) is 9.97 Å². The number of rotatable bonds is 3. The summed E-state index contributed by atoms with van der Waals surface area (Å²) in [6.07, 6.45) is 1.89. The molecule has 0 saturated heterocycles. The molecule has 0 spiro atoms. The van der Waals surface area contributed by atoms with Crippen LogP contribution in [0.15, 0.2) is 48.5 Å². The van der Waals surface area contributed by atoms with Crippen molar-refractivity contribution in [3.63, 3.8) is 0 Å². The summed E-state index contributed by atoms with van der Waals surface area (Å²) in [5, 5.41) is 4.54. The number of aryl methyl sites for hydroxylation is 1. The van der Waals surface area contributed by atoms with Crippen LogP contribution in [0, 0.1) is 0 Å². The first kappa shape index (κ1) is 15.2. The fraction of sp³-hybridized carbons (Fsp3) is 0.174. The van der Waals surface area contributed by atoms with Crippen molar-refractivity contribution < 1.29 is 4.79 Å². The van der Waals surface area contributed by atoms with Crippen molar-refractivity contribution in [1.29, 1.82) is 0 Å². The number of hydrogen-bond acceptors (Lipinski definition) is 1. The summed E-state index contributed by atoms with van der Waals surface area (Å²) in [6, 6.07) is 16.6. The van der Waals surface area contributed by atoms with Gasteiger partial charge in [-0.1, -0.05) is 49.7 Å². The highest BCUT2D eigenvalue weighted by atomic mass is 16.1. The van der Waals surface area contributed by atoms with Gasteiger partial charge in [0, 0.05) is 38.1 Å². The largest absolute Gasteiger partial charge is 0.353 e. The molecule has 0 atom stereocenters. The second kappa shape index (κ2) is 5.46. The summed E-state index contributed by atoms with van der Waals surface area (Å²) < 4.78 is 0. The molecular weight excluding hydrogens is 320 g/mol. The Morgan fingerprint density at radius 3 is 1.96 bits per heavy atom. The van der Waals surface area contributed by atoms with Crippen LogP contribution in [0.4, 0.5) is 0 Å². The molecule has 0 aliphatic rings. The van der Waals surface area contributed by atoms with Gasteiger partial charge in [0.15, 0.2) is 5.78 Å². The van der Waals surface area contributed by atoms with Crippen LogP contribution >= 0.6 is 0 Å². The molecule has 0 bridgehead atoms. The molecule has 0 radical (unpaired) electrons. The number of Topliss-reactive ketones (excluding diaryl/α,β-unsaturated/α-hetero) is 1. The summed E-state index contributed by atoms with van der Waals surface area (Å²) in [5.74, 6) is 0.135. The molecule has 3 nitrogen and oxygen atoms in total. The zero-order valence-electron chi connectivity index (χ0n) is 14.9. The lowest BCUT2D eigenvalue weighted by molar-refractivity contribution is 0.101. The highest BCUT2D eigenvalue weighted by Gasteiger charge is 2.22. The number of benzene rings is 3. The lowest BCUT2D eigenvalue weighted by Gasteiger charge is -2.11. The third kappa shape index (κ3) is 1.91. The maximum absolute atomic E-state index is 12.8. The lowest BCUT2D eigenvalue weighted by Crippen LogP contribution is -2.02. The standard InChI is InChI=1S/C23H20N2O/c1-3-8-16-19(13(2)26)21-15-10-5-7-12-18(15)25-23(21)22-20(16)14-9-4-6-11-17(14)24-22/h4-7,9-12,24-25H,3,8H2,1-2H3. The predicted molar refractivity (Wildman–Crippen MR) is 109 cm³/mol. The molecule has 0 fully saturated rings. The smallest absolute Gasteiger partial charge is 0.160 e. The average molecular weight is 340 g/mol. The van der Waals surface area contributed by atoms with E-state index >= 15 is 0 Å². The van der Waals surface area contributed by atoms with E-state index in [0.717, 1.165) is 51.2 Å². The Balaban J connectivity index is 2.15. The SMILES string of the molecule is CCCc1c(C(C)=O)c2c3ccccc3[nH]c2c2[nH]c3ccccc3c12. The molecule has 128 valence electrons. The minimum absolute atomic E-state index is 0.135. The number of aromatic amines is 2. The molecule has 5 rings (SSSR count). The summed E-state index contributed by atoms with van der Waals surface area (Å²) in [7, 11) is 0. The number of hydrogen-bond donors (Lipinski definition) is 2. The van der Waals surface area contributed by atoms with E-state index < -0.39 is 0 Å². The summed E-state index contributed by atoms with van der Waals surface area (Å²) in [5.41, 5.74) is 6.36. The van der Waals surface area contributed by atoms with Crippen molar-refractivity contribution in [3.8, 4) is 0 Å². The molecule has 26 heavy (non-hydrogen) atoms. The molecule has 3 aromatic carbocycles. The van der Waals surface area contributed by atoms with Crippen LogP contribution in [0.25, 0.3) is 43.6 Å². The molecule has 2 N–H and O–H groups in total. The molecule has 0 amide bonds. The number of fused-ring (bicyclic) bond motifs is 7. The van der Waals surface area contributed by atoms with E-state index in [0.29, 0.717) is 0 Å². The number of ketones is 1. The van der Waals surface area contributed by atoms with Crippen molar-refractivity contribution in [2.75, 3.05) is 0 Å². The summed E-state index contributed by atoms with van der Waals surface area (Å²) in [4.78, 5) is 19.9. The van der Waals surface area contributed by atoms with E-state index in [9.17, 15) is 4.79 Å². The minimum atomic E-state index is 0.135. The van der Waals surface area contributed by atoms with Crippen LogP contribution in [0.5, 0.6) is 0 Å². The number of carbonyl (C=O) groups is 1. The quantitative estimate of drug-likeness (QED) is 0.382. The maximum Gasteiger partial charge on any atom is 0.160 e. The molecule has 5 aromatic rings. The Bertz CT molecular complexity index is 1320. The zero-order valence-corrected chi connectivity index (χ0v) is 14.9. The first-order valence-electron chi connectivity index (χ1n) is 9.17. The van der Waals surface area contributed by atoms with Crippen molar-refractivity contribution in [3.05, 3.63) is 59.7 Å². The molecular formula is C23H20N2O. The molecule has 0 saturated carbocycles. The second-order valence-corrected chi connectivity index (χ2v) is 7.00. The van der Waals surface area contributed by atoms with Crippen LogP contribution < -0.4 is 0 Å². The van der Waals surface area contributed by atoms with Gasteiger partial charge in [-0.25, -0.2) is 0 Å². The van der Waals surface area contributed by atoms with Gasteiger partial charge < -0.3 is 9.97 Å². The third-order valence-corrected chi connectivity index (χ3v) is 5.37. The Morgan fingerprint density at radius 2 is 1.38 bits per heavy atom. The Labute approximate surface area is 151 Å². The van der Waals surface area contributed by atoms with Gasteiger partial charge in [0.05, 0.1) is 11.0 Å². The van der Waals surface area contributed by atoms with Crippen molar-refractivity contribution in [2.45, 2.75) is 26.7 Å². The third-order valence-electron chi connectivity index (χ3n) is 5.37. The molecule has 2 heterocycles. The Morgan fingerprint density at radius 1 is 0.846 bits per heavy atom. The van der Waals surface area contributed by atoms with E-state index in [4.69, 9.17) is 0 Å².